The van der Waals surface area contributed by atoms with Crippen molar-refractivity contribution >= 4 is 23.3 Å². The van der Waals surface area contributed by atoms with Crippen LogP contribution in [-0.2, 0) is 4.79 Å². The van der Waals surface area contributed by atoms with E-state index in [1.165, 1.54) is 23.9 Å². The normalized spacial score (nSPS) is 12.3. The Morgan fingerprint density at radius 2 is 2.08 bits per heavy atom. The first-order valence-corrected chi connectivity index (χ1v) is 9.50. The zero-order chi connectivity index (χ0) is 18.7. The summed E-state index contributed by atoms with van der Waals surface area (Å²) in [5.41, 5.74) is 3.22. The second kappa shape index (κ2) is 7.86. The van der Waals surface area contributed by atoms with E-state index in [9.17, 15) is 9.18 Å². The van der Waals surface area contributed by atoms with Gasteiger partial charge in [0, 0.05) is 17.3 Å². The van der Waals surface area contributed by atoms with Gasteiger partial charge in [-0.25, -0.2) is 13.9 Å². The molecule has 0 fully saturated rings. The van der Waals surface area contributed by atoms with Crippen LogP contribution in [0.4, 0.5) is 4.39 Å². The molecule has 1 amide bonds. The van der Waals surface area contributed by atoms with Crippen molar-refractivity contribution in [2.24, 2.45) is 0 Å². The molecule has 1 atom stereocenters. The molecule has 0 saturated carbocycles. The highest BCUT2D eigenvalue weighted by atomic mass is 32.2. The van der Waals surface area contributed by atoms with Gasteiger partial charge in [-0.3, -0.25) is 4.79 Å². The van der Waals surface area contributed by atoms with Gasteiger partial charge in [0.2, 0.25) is 5.91 Å². The van der Waals surface area contributed by atoms with Gasteiger partial charge >= 0.3 is 0 Å². The van der Waals surface area contributed by atoms with Gasteiger partial charge < -0.3 is 5.32 Å². The molecule has 1 N–H and O–H groups in total. The fourth-order valence-electron chi connectivity index (χ4n) is 2.54. The number of nitrogens with one attached hydrogen (secondary N) is 1. The van der Waals surface area contributed by atoms with Gasteiger partial charge in [0.25, 0.3) is 0 Å². The molecular formula is C19H21FN4OS. The average Bonchev–Trinajstić information content (AvgIpc) is 3.04. The molecule has 0 saturated heterocycles. The molecule has 3 rings (SSSR count). The maximum atomic E-state index is 13.2. The lowest BCUT2D eigenvalue weighted by atomic mass is 10.1. The molecule has 2 aromatic heterocycles. The van der Waals surface area contributed by atoms with Crippen LogP contribution in [0.3, 0.4) is 0 Å². The lowest BCUT2D eigenvalue weighted by Crippen LogP contribution is -2.33. The molecule has 26 heavy (non-hydrogen) atoms. The largest absolute Gasteiger partial charge is 0.353 e. The summed E-state index contributed by atoms with van der Waals surface area (Å²) in [5, 5.41) is 8.23. The molecule has 0 aliphatic rings. The van der Waals surface area contributed by atoms with Gasteiger partial charge in [-0.15, -0.1) is 0 Å². The van der Waals surface area contributed by atoms with E-state index in [0.29, 0.717) is 11.4 Å². The Kier molecular flexibility index (Phi) is 5.56. The number of carbonyl (C=O) groups excluding carboxylic acids is 1. The van der Waals surface area contributed by atoms with Crippen molar-refractivity contribution in [2.75, 3.05) is 5.75 Å². The van der Waals surface area contributed by atoms with E-state index in [-0.39, 0.29) is 17.8 Å². The highest BCUT2D eigenvalue weighted by Crippen LogP contribution is 2.27. The number of hydrogen-bond donors (Lipinski definition) is 1. The first kappa shape index (κ1) is 18.4. The molecule has 136 valence electrons. The minimum Gasteiger partial charge on any atom is -0.353 e. The third kappa shape index (κ3) is 4.04. The zero-order valence-corrected chi connectivity index (χ0v) is 15.8. The van der Waals surface area contributed by atoms with Crippen LogP contribution < -0.4 is 5.32 Å². The van der Waals surface area contributed by atoms with E-state index in [2.05, 4.69) is 15.4 Å². The van der Waals surface area contributed by atoms with Crippen molar-refractivity contribution in [3.05, 3.63) is 48.0 Å². The lowest BCUT2D eigenvalue weighted by Gasteiger charge is -2.11. The summed E-state index contributed by atoms with van der Waals surface area (Å²) in [4.78, 5) is 16.6. The molecule has 2 heterocycles. The Labute approximate surface area is 156 Å². The van der Waals surface area contributed by atoms with Crippen LogP contribution in [-0.4, -0.2) is 32.3 Å². The van der Waals surface area contributed by atoms with Crippen LogP contribution in [0.1, 0.15) is 26.0 Å². The first-order chi connectivity index (χ1) is 12.5. The topological polar surface area (TPSA) is 59.3 Å². The van der Waals surface area contributed by atoms with Crippen molar-refractivity contribution in [3.63, 3.8) is 0 Å². The molecule has 0 unspecified atom stereocenters. The highest BCUT2D eigenvalue weighted by molar-refractivity contribution is 7.99. The number of thioether (sulfide) groups is 1. The molecule has 1 aromatic carbocycles. The van der Waals surface area contributed by atoms with Gasteiger partial charge in [-0.2, -0.15) is 5.10 Å². The Bertz CT molecular complexity index is 923. The molecular weight excluding hydrogens is 351 g/mol. The predicted octanol–water partition coefficient (Wildman–Crippen LogP) is 3.85. The molecule has 7 heteroatoms. The average molecular weight is 372 g/mol. The maximum Gasteiger partial charge on any atom is 0.230 e. The minimum absolute atomic E-state index is 0.00196. The Morgan fingerprint density at radius 1 is 1.35 bits per heavy atom. The van der Waals surface area contributed by atoms with Crippen LogP contribution in [0.5, 0.6) is 0 Å². The van der Waals surface area contributed by atoms with Crippen molar-refractivity contribution in [2.45, 2.75) is 38.3 Å². The fourth-order valence-corrected chi connectivity index (χ4v) is 3.42. The van der Waals surface area contributed by atoms with Crippen molar-refractivity contribution < 1.29 is 9.18 Å². The maximum absolute atomic E-state index is 13.2. The summed E-state index contributed by atoms with van der Waals surface area (Å²) in [5.74, 6) is 0.0325. The number of aromatic nitrogens is 3. The van der Waals surface area contributed by atoms with E-state index < -0.39 is 0 Å². The SMILES string of the molecule is CC[C@@H](C)NC(=O)CSc1cc(C)nc2c(-c3ccc(F)cc3)cnn12. The van der Waals surface area contributed by atoms with E-state index in [4.69, 9.17) is 0 Å². The number of amides is 1. The number of hydrogen-bond acceptors (Lipinski definition) is 4. The van der Waals surface area contributed by atoms with Crippen molar-refractivity contribution in [3.8, 4) is 11.1 Å². The number of benzene rings is 1. The van der Waals surface area contributed by atoms with E-state index in [0.717, 1.165) is 28.3 Å². The smallest absolute Gasteiger partial charge is 0.230 e. The molecule has 0 aliphatic heterocycles. The number of aryl methyl sites for hydroxylation is 1. The quantitative estimate of drug-likeness (QED) is 0.527. The fraction of sp³-hybridized carbons (Fsp3) is 0.316. The Morgan fingerprint density at radius 3 is 2.77 bits per heavy atom. The zero-order valence-electron chi connectivity index (χ0n) is 15.0. The standard InChI is InChI=1S/C19H21FN4OS/c1-4-12(2)22-17(25)11-26-18-9-13(3)23-19-16(10-21-24(18)19)14-5-7-15(20)8-6-14/h5-10,12H,4,11H2,1-3H3,(H,22,25)/t12-/m1/s1. The number of rotatable bonds is 6. The predicted molar refractivity (Wildman–Crippen MR) is 102 cm³/mol. The summed E-state index contributed by atoms with van der Waals surface area (Å²) >= 11 is 1.42. The summed E-state index contributed by atoms with van der Waals surface area (Å²) in [7, 11) is 0. The van der Waals surface area contributed by atoms with Crippen molar-refractivity contribution in [1.82, 2.24) is 19.9 Å². The summed E-state index contributed by atoms with van der Waals surface area (Å²) < 4.78 is 14.9. The second-order valence-electron chi connectivity index (χ2n) is 6.20. The molecule has 3 aromatic rings. The number of nitrogens with zero attached hydrogens (tertiary/aromatic N) is 3. The summed E-state index contributed by atoms with van der Waals surface area (Å²) in [6, 6.07) is 8.34. The van der Waals surface area contributed by atoms with Gasteiger partial charge in [0.1, 0.15) is 10.8 Å². The van der Waals surface area contributed by atoms with Crippen LogP contribution in [0, 0.1) is 12.7 Å². The van der Waals surface area contributed by atoms with Gasteiger partial charge in [0.05, 0.1) is 11.9 Å². The molecule has 0 radical (unpaired) electrons. The van der Waals surface area contributed by atoms with Gasteiger partial charge in [0.15, 0.2) is 5.65 Å². The number of halogens is 1. The van der Waals surface area contributed by atoms with Crippen LogP contribution >= 0.6 is 11.8 Å². The monoisotopic (exact) mass is 372 g/mol. The molecule has 0 aliphatic carbocycles. The third-order valence-electron chi connectivity index (χ3n) is 4.09. The first-order valence-electron chi connectivity index (χ1n) is 8.51. The van der Waals surface area contributed by atoms with E-state index in [1.807, 2.05) is 26.8 Å². The minimum atomic E-state index is -0.280. The lowest BCUT2D eigenvalue weighted by molar-refractivity contribution is -0.119. The van der Waals surface area contributed by atoms with E-state index in [1.54, 1.807) is 22.8 Å². The summed E-state index contributed by atoms with van der Waals surface area (Å²) in [6.07, 6.45) is 2.62. The van der Waals surface area contributed by atoms with Crippen molar-refractivity contribution in [1.29, 1.82) is 0 Å². The van der Waals surface area contributed by atoms with Gasteiger partial charge in [-0.05, 0) is 44.0 Å². The number of carbonyl (C=O) groups is 1. The van der Waals surface area contributed by atoms with Crippen LogP contribution in [0.25, 0.3) is 16.8 Å². The summed E-state index contributed by atoms with van der Waals surface area (Å²) in [6.45, 7) is 5.93. The highest BCUT2D eigenvalue weighted by Gasteiger charge is 2.14. The molecule has 0 spiro atoms. The van der Waals surface area contributed by atoms with E-state index >= 15 is 0 Å². The Balaban J connectivity index is 1.88. The van der Waals surface area contributed by atoms with Crippen LogP contribution in [0.15, 0.2) is 41.6 Å². The Hall–Kier alpha value is -2.41. The third-order valence-corrected chi connectivity index (χ3v) is 5.09. The van der Waals surface area contributed by atoms with Gasteiger partial charge in [-0.1, -0.05) is 30.8 Å². The number of fused-ring (bicyclic) bond motifs is 1. The van der Waals surface area contributed by atoms with Crippen LogP contribution in [0.2, 0.25) is 0 Å². The second-order valence-corrected chi connectivity index (χ2v) is 7.20. The molecule has 5 nitrogen and oxygen atoms in total. The molecule has 0 bridgehead atoms.